The number of hydrogen-bond acceptors (Lipinski definition) is 2. The molecular formula is C9H16N2O. The van der Waals surface area contributed by atoms with Crippen LogP contribution in [-0.4, -0.2) is 14.9 Å². The molecule has 0 saturated heterocycles. The fourth-order valence-electron chi connectivity index (χ4n) is 1.41. The third kappa shape index (κ3) is 1.44. The molecule has 0 saturated carbocycles. The van der Waals surface area contributed by atoms with Crippen LogP contribution in [0.25, 0.3) is 0 Å². The highest BCUT2D eigenvalue weighted by Gasteiger charge is 2.10. The Morgan fingerprint density at radius 2 is 2.08 bits per heavy atom. The van der Waals surface area contributed by atoms with Crippen LogP contribution < -0.4 is 0 Å². The third-order valence-electron chi connectivity index (χ3n) is 2.02. The van der Waals surface area contributed by atoms with Crippen LogP contribution in [0.1, 0.15) is 37.5 Å². The van der Waals surface area contributed by atoms with Gasteiger partial charge in [0.1, 0.15) is 5.82 Å². The van der Waals surface area contributed by atoms with Crippen molar-refractivity contribution in [3.05, 3.63) is 17.2 Å². The van der Waals surface area contributed by atoms with E-state index >= 15 is 0 Å². The number of aromatic nitrogens is 2. The number of hydrogen-bond donors (Lipinski definition) is 1. The minimum absolute atomic E-state index is 0.784. The van der Waals surface area contributed by atoms with Crippen molar-refractivity contribution in [3.63, 3.8) is 0 Å². The molecule has 0 amide bonds. The number of imidazole rings is 1. The molecule has 3 heteroatoms. The number of nitrogens with zero attached hydrogens (tertiary/aromatic N) is 2. The smallest absolute Gasteiger partial charge is 0.145 e. The van der Waals surface area contributed by atoms with E-state index in [4.69, 9.17) is 0 Å². The van der Waals surface area contributed by atoms with E-state index in [-0.39, 0.29) is 0 Å². The summed E-state index contributed by atoms with van der Waals surface area (Å²) in [7, 11) is 0. The first-order chi connectivity index (χ1) is 5.70. The molecule has 0 aromatic carbocycles. The maximum atomic E-state index is 9.59. The first kappa shape index (κ1) is 9.10. The molecule has 3 nitrogen and oxygen atoms in total. The molecule has 1 rings (SSSR count). The molecule has 0 spiro atoms. The molecule has 1 N–H and O–H groups in total. The largest absolute Gasteiger partial charge is 0.427 e. The average molecular weight is 168 g/mol. The Balaban J connectivity index is 3.00. The molecule has 0 radical (unpaired) electrons. The van der Waals surface area contributed by atoms with Gasteiger partial charge in [0.05, 0.1) is 11.4 Å². The van der Waals surface area contributed by atoms with E-state index in [2.05, 4.69) is 11.9 Å². The van der Waals surface area contributed by atoms with Gasteiger partial charge in [-0.2, -0.15) is 4.73 Å². The predicted molar refractivity (Wildman–Crippen MR) is 47.5 cm³/mol. The maximum absolute atomic E-state index is 9.59. The normalized spacial score (nSPS) is 10.6. The van der Waals surface area contributed by atoms with Gasteiger partial charge in [-0.1, -0.05) is 13.8 Å². The highest BCUT2D eigenvalue weighted by Crippen LogP contribution is 2.10. The standard InChI is InChI=1S/C9H16N2O/c1-4-6-9-10-7(3)8(5-2)11(9)12/h12H,4-6H2,1-3H3. The lowest BCUT2D eigenvalue weighted by Crippen LogP contribution is -2.02. The molecule has 1 heterocycles. The number of rotatable bonds is 3. The van der Waals surface area contributed by atoms with Crippen LogP contribution in [0.2, 0.25) is 0 Å². The van der Waals surface area contributed by atoms with E-state index < -0.39 is 0 Å². The summed E-state index contributed by atoms with van der Waals surface area (Å²) in [6.07, 6.45) is 2.69. The second-order valence-electron chi connectivity index (χ2n) is 2.98. The summed E-state index contributed by atoms with van der Waals surface area (Å²) in [5.74, 6) is 0.784. The monoisotopic (exact) mass is 168 g/mol. The Morgan fingerprint density at radius 3 is 2.50 bits per heavy atom. The molecule has 12 heavy (non-hydrogen) atoms. The molecule has 0 aliphatic carbocycles. The highest BCUT2D eigenvalue weighted by molar-refractivity contribution is 5.14. The molecule has 0 unspecified atom stereocenters. The van der Waals surface area contributed by atoms with Gasteiger partial charge in [0, 0.05) is 6.42 Å². The Labute approximate surface area is 73.0 Å². The van der Waals surface area contributed by atoms with Crippen molar-refractivity contribution in [2.24, 2.45) is 0 Å². The van der Waals surface area contributed by atoms with Crippen molar-refractivity contribution < 1.29 is 5.21 Å². The molecule has 0 fully saturated rings. The van der Waals surface area contributed by atoms with Gasteiger partial charge in [-0.3, -0.25) is 0 Å². The van der Waals surface area contributed by atoms with Crippen LogP contribution >= 0.6 is 0 Å². The summed E-state index contributed by atoms with van der Waals surface area (Å²) in [5, 5.41) is 9.59. The molecule has 0 aliphatic rings. The van der Waals surface area contributed by atoms with Gasteiger partial charge in [0.15, 0.2) is 0 Å². The van der Waals surface area contributed by atoms with Crippen LogP contribution in [0.15, 0.2) is 0 Å². The maximum Gasteiger partial charge on any atom is 0.145 e. The lowest BCUT2D eigenvalue weighted by atomic mass is 10.3. The van der Waals surface area contributed by atoms with Crippen LogP contribution in [0.3, 0.4) is 0 Å². The fraction of sp³-hybridized carbons (Fsp3) is 0.667. The first-order valence-corrected chi connectivity index (χ1v) is 4.47. The Kier molecular flexibility index (Phi) is 2.74. The summed E-state index contributed by atoms with van der Waals surface area (Å²) in [4.78, 5) is 4.28. The van der Waals surface area contributed by atoms with Gasteiger partial charge < -0.3 is 5.21 Å². The third-order valence-corrected chi connectivity index (χ3v) is 2.02. The van der Waals surface area contributed by atoms with E-state index in [0.717, 1.165) is 36.5 Å². The van der Waals surface area contributed by atoms with E-state index in [1.807, 2.05) is 13.8 Å². The second kappa shape index (κ2) is 3.61. The van der Waals surface area contributed by atoms with Crippen LogP contribution in [0, 0.1) is 6.92 Å². The van der Waals surface area contributed by atoms with E-state index in [9.17, 15) is 5.21 Å². The van der Waals surface area contributed by atoms with Gasteiger partial charge in [0.25, 0.3) is 0 Å². The van der Waals surface area contributed by atoms with Crippen molar-refractivity contribution >= 4 is 0 Å². The zero-order valence-corrected chi connectivity index (χ0v) is 7.96. The summed E-state index contributed by atoms with van der Waals surface area (Å²) in [5.41, 5.74) is 1.88. The zero-order valence-electron chi connectivity index (χ0n) is 7.96. The molecule has 1 aromatic rings. The Morgan fingerprint density at radius 1 is 1.42 bits per heavy atom. The van der Waals surface area contributed by atoms with Gasteiger partial charge in [-0.15, -0.1) is 0 Å². The zero-order chi connectivity index (χ0) is 9.14. The van der Waals surface area contributed by atoms with E-state index in [1.165, 1.54) is 4.73 Å². The molecule has 0 aliphatic heterocycles. The number of aryl methyl sites for hydroxylation is 2. The van der Waals surface area contributed by atoms with Crippen molar-refractivity contribution in [2.45, 2.75) is 40.0 Å². The quantitative estimate of drug-likeness (QED) is 0.700. The van der Waals surface area contributed by atoms with Crippen LogP contribution in [0.4, 0.5) is 0 Å². The molecule has 68 valence electrons. The first-order valence-electron chi connectivity index (χ1n) is 4.47. The summed E-state index contributed by atoms with van der Waals surface area (Å²) < 4.78 is 1.23. The topological polar surface area (TPSA) is 38.0 Å². The fourth-order valence-corrected chi connectivity index (χ4v) is 1.41. The predicted octanol–water partition coefficient (Wildman–Crippen LogP) is 1.94. The molecular weight excluding hydrogens is 152 g/mol. The van der Waals surface area contributed by atoms with Crippen molar-refractivity contribution in [1.29, 1.82) is 0 Å². The summed E-state index contributed by atoms with van der Waals surface area (Å²) >= 11 is 0. The molecule has 1 aromatic heterocycles. The van der Waals surface area contributed by atoms with Crippen molar-refractivity contribution in [1.82, 2.24) is 9.71 Å². The van der Waals surface area contributed by atoms with Gasteiger partial charge in [-0.05, 0) is 19.8 Å². The lowest BCUT2D eigenvalue weighted by molar-refractivity contribution is 0.167. The van der Waals surface area contributed by atoms with Crippen LogP contribution in [0.5, 0.6) is 0 Å². The summed E-state index contributed by atoms with van der Waals surface area (Å²) in [6, 6.07) is 0. The molecule has 0 atom stereocenters. The Bertz CT molecular complexity index is 266. The SMILES string of the molecule is CCCc1nc(C)c(CC)n1O. The van der Waals surface area contributed by atoms with Gasteiger partial charge in [0.2, 0.25) is 0 Å². The van der Waals surface area contributed by atoms with Gasteiger partial charge >= 0.3 is 0 Å². The Hall–Kier alpha value is -0.990. The van der Waals surface area contributed by atoms with E-state index in [1.54, 1.807) is 0 Å². The lowest BCUT2D eigenvalue weighted by Gasteiger charge is -2.00. The van der Waals surface area contributed by atoms with Crippen LogP contribution in [-0.2, 0) is 12.8 Å². The minimum Gasteiger partial charge on any atom is -0.427 e. The van der Waals surface area contributed by atoms with E-state index in [0.29, 0.717) is 0 Å². The summed E-state index contributed by atoms with van der Waals surface area (Å²) in [6.45, 7) is 6.03. The molecule has 0 bridgehead atoms. The van der Waals surface area contributed by atoms with Crippen molar-refractivity contribution in [3.8, 4) is 0 Å². The van der Waals surface area contributed by atoms with Crippen molar-refractivity contribution in [2.75, 3.05) is 0 Å². The van der Waals surface area contributed by atoms with Gasteiger partial charge in [-0.25, -0.2) is 4.98 Å². The average Bonchev–Trinajstić information content (AvgIpc) is 2.29. The minimum atomic E-state index is 0.784. The second-order valence-corrected chi connectivity index (χ2v) is 2.98. The highest BCUT2D eigenvalue weighted by atomic mass is 16.5.